The maximum atomic E-state index is 15.2. The quantitative estimate of drug-likeness (QED) is 0.207. The number of ether oxygens (including phenoxy) is 1. The molecule has 13 heteroatoms. The molecule has 4 aliphatic rings. The summed E-state index contributed by atoms with van der Waals surface area (Å²) in [5.41, 5.74) is 3.32. The van der Waals surface area contributed by atoms with Crippen molar-refractivity contribution in [3.63, 3.8) is 0 Å². The molecule has 6 atom stereocenters. The molecule has 0 radical (unpaired) electrons. The van der Waals surface area contributed by atoms with E-state index in [1.54, 1.807) is 48.5 Å². The molecule has 3 fully saturated rings. The van der Waals surface area contributed by atoms with E-state index in [-0.39, 0.29) is 32.6 Å². The Balaban J connectivity index is 1.44. The third kappa shape index (κ3) is 5.25. The van der Waals surface area contributed by atoms with Gasteiger partial charge in [-0.1, -0.05) is 53.6 Å². The zero-order valence-electron chi connectivity index (χ0n) is 26.6. The number of carbonyl (C=O) groups excluding carboxylic acids is 4. The van der Waals surface area contributed by atoms with Gasteiger partial charge in [0.05, 0.1) is 41.9 Å². The number of para-hydroxylation sites is 1. The predicted molar refractivity (Wildman–Crippen MR) is 177 cm³/mol. The lowest BCUT2D eigenvalue weighted by atomic mass is 9.49. The number of amides is 4. The van der Waals surface area contributed by atoms with Crippen LogP contribution in [0.25, 0.3) is 0 Å². The number of allylic oxidation sites excluding steroid dienone is 2. The van der Waals surface area contributed by atoms with E-state index in [0.29, 0.717) is 33.2 Å². The molecule has 0 bridgehead atoms. The Labute approximate surface area is 291 Å². The highest BCUT2D eigenvalue weighted by molar-refractivity contribution is 6.30. The number of nitrogens with zero attached hydrogens (tertiary/aromatic N) is 2. The van der Waals surface area contributed by atoms with Crippen LogP contribution in [-0.2, 0) is 29.4 Å². The monoisotopic (exact) mass is 701 g/mol. The highest BCUT2D eigenvalue weighted by Crippen LogP contribution is 2.65. The number of hydrazine groups is 1. The van der Waals surface area contributed by atoms with Crippen LogP contribution in [0.3, 0.4) is 0 Å². The van der Waals surface area contributed by atoms with Crippen molar-refractivity contribution in [1.29, 1.82) is 0 Å². The molecule has 2 heterocycles. The van der Waals surface area contributed by atoms with Crippen LogP contribution in [0.15, 0.2) is 84.4 Å². The van der Waals surface area contributed by atoms with E-state index in [1.165, 1.54) is 24.3 Å². The maximum absolute atomic E-state index is 15.2. The molecule has 258 valence electrons. The van der Waals surface area contributed by atoms with Gasteiger partial charge in [-0.25, -0.2) is 4.39 Å². The fourth-order valence-electron chi connectivity index (χ4n) is 8.50. The van der Waals surface area contributed by atoms with E-state index in [0.717, 1.165) is 9.91 Å². The number of hydrogen-bond acceptors (Lipinski definition) is 8. The van der Waals surface area contributed by atoms with Crippen LogP contribution in [-0.4, -0.2) is 69.5 Å². The minimum Gasteiger partial charge on any atom is -0.491 e. The number of aliphatic carboxylic acids is 1. The minimum absolute atomic E-state index is 0.0315. The Bertz CT molecular complexity index is 1920. The largest absolute Gasteiger partial charge is 0.491 e. The highest BCUT2D eigenvalue weighted by Gasteiger charge is 2.70. The predicted octanol–water partition coefficient (Wildman–Crippen LogP) is 4.31. The van der Waals surface area contributed by atoms with Crippen molar-refractivity contribution in [3.05, 3.63) is 106 Å². The maximum Gasteiger partial charge on any atom is 0.305 e. The van der Waals surface area contributed by atoms with Crippen LogP contribution in [0, 0.1) is 29.5 Å². The van der Waals surface area contributed by atoms with Crippen molar-refractivity contribution in [2.24, 2.45) is 23.7 Å². The van der Waals surface area contributed by atoms with Gasteiger partial charge in [0.15, 0.2) is 0 Å². The second kappa shape index (κ2) is 13.0. The van der Waals surface area contributed by atoms with E-state index in [9.17, 15) is 33.8 Å². The highest BCUT2D eigenvalue weighted by atomic mass is 35.5. The zero-order chi connectivity index (χ0) is 35.3. The first kappa shape index (κ1) is 33.4. The second-order valence-electron chi connectivity index (χ2n) is 13.0. The molecule has 3 N–H and O–H groups in total. The summed E-state index contributed by atoms with van der Waals surface area (Å²) in [5, 5.41) is 20.3. The van der Waals surface area contributed by atoms with E-state index in [2.05, 4.69) is 5.43 Å². The molecule has 0 aromatic heterocycles. The number of aliphatic hydroxyl groups excluding tert-OH is 1. The van der Waals surface area contributed by atoms with Crippen LogP contribution in [0.4, 0.5) is 10.1 Å². The average Bonchev–Trinajstić information content (AvgIpc) is 3.48. The van der Waals surface area contributed by atoms with Crippen molar-refractivity contribution in [3.8, 4) is 5.75 Å². The van der Waals surface area contributed by atoms with Gasteiger partial charge in [0, 0.05) is 23.0 Å². The Morgan fingerprint density at radius 2 is 1.68 bits per heavy atom. The van der Waals surface area contributed by atoms with Crippen LogP contribution in [0.2, 0.25) is 5.02 Å². The normalized spacial score (nSPS) is 27.1. The van der Waals surface area contributed by atoms with E-state index >= 15 is 4.79 Å². The number of fused-ring (bicyclic) bond motifs is 4. The molecular formula is C37H33ClFN3O8. The number of imide groups is 2. The van der Waals surface area contributed by atoms with Crippen molar-refractivity contribution >= 4 is 46.9 Å². The standard InChI is InChI=1S/C37H33ClFN3O8/c38-21-7-5-20(6-8-21)37-28(34(47)42(36(37)49)40-23-11-9-22(39)10-12-23)19-27-24(32(37)25-3-1-2-4-29(25)50-18-17-43)13-14-26-31(27)35(48)41(33(26)46)16-15-30(44)45/h1-13,26-28,31-32,40,43H,14-19H2,(H,44,45)/t26-,27+,28-,31-,32+,37+/m0/s1. The molecule has 4 amide bonds. The molecule has 2 saturated heterocycles. The molecule has 3 aromatic carbocycles. The Hall–Kier alpha value is -5.07. The smallest absolute Gasteiger partial charge is 0.305 e. The zero-order valence-corrected chi connectivity index (χ0v) is 27.4. The number of aliphatic hydroxyl groups is 1. The molecule has 7 rings (SSSR count). The van der Waals surface area contributed by atoms with Gasteiger partial charge in [-0.2, -0.15) is 5.01 Å². The molecule has 2 aliphatic heterocycles. The van der Waals surface area contributed by atoms with Crippen LogP contribution < -0.4 is 10.2 Å². The number of halogens is 2. The third-order valence-electron chi connectivity index (χ3n) is 10.5. The van der Waals surface area contributed by atoms with Crippen molar-refractivity contribution in [2.45, 2.75) is 30.6 Å². The van der Waals surface area contributed by atoms with Gasteiger partial charge in [-0.05, 0) is 66.8 Å². The van der Waals surface area contributed by atoms with Crippen LogP contribution >= 0.6 is 11.6 Å². The Kier molecular flexibility index (Phi) is 8.69. The molecule has 11 nitrogen and oxygen atoms in total. The van der Waals surface area contributed by atoms with Crippen molar-refractivity contribution < 1.29 is 43.3 Å². The lowest BCUT2D eigenvalue weighted by Crippen LogP contribution is -2.53. The van der Waals surface area contributed by atoms with Gasteiger partial charge < -0.3 is 14.9 Å². The Morgan fingerprint density at radius 3 is 2.38 bits per heavy atom. The van der Waals surface area contributed by atoms with Gasteiger partial charge >= 0.3 is 5.97 Å². The summed E-state index contributed by atoms with van der Waals surface area (Å²) in [5.74, 6) is -7.65. The van der Waals surface area contributed by atoms with Crippen molar-refractivity contribution in [1.82, 2.24) is 9.91 Å². The van der Waals surface area contributed by atoms with E-state index in [1.807, 2.05) is 6.08 Å². The average molecular weight is 702 g/mol. The topological polar surface area (TPSA) is 154 Å². The first-order valence-electron chi connectivity index (χ1n) is 16.3. The molecule has 0 spiro atoms. The van der Waals surface area contributed by atoms with Gasteiger partial charge in [0.25, 0.3) is 11.8 Å². The molecule has 2 aliphatic carbocycles. The lowest BCUT2D eigenvalue weighted by molar-refractivity contribution is -0.143. The van der Waals surface area contributed by atoms with Gasteiger partial charge in [0.2, 0.25) is 11.8 Å². The fraction of sp³-hybridized carbons (Fsp3) is 0.324. The number of anilines is 1. The van der Waals surface area contributed by atoms with Gasteiger partial charge in [-0.3, -0.25) is 34.3 Å². The molecule has 3 aromatic rings. The number of rotatable bonds is 10. The molecule has 1 saturated carbocycles. The number of benzene rings is 3. The van der Waals surface area contributed by atoms with Gasteiger partial charge in [-0.15, -0.1) is 0 Å². The molecular weight excluding hydrogens is 669 g/mol. The Morgan fingerprint density at radius 1 is 0.960 bits per heavy atom. The summed E-state index contributed by atoms with van der Waals surface area (Å²) < 4.78 is 19.8. The minimum atomic E-state index is -1.60. The first-order valence-corrected chi connectivity index (χ1v) is 16.7. The van der Waals surface area contributed by atoms with Crippen LogP contribution in [0.1, 0.15) is 36.3 Å². The SMILES string of the molecule is O=C(O)CCN1C(=O)[C@H]2[C@H](CC=C3[C@H]2C[C@H]2C(=O)N(Nc4ccc(F)cc4)C(=O)[C@@]2(c2ccc(Cl)cc2)[C@H]3c2ccccc2OCCO)C1=O. The number of nitrogens with one attached hydrogen (secondary N) is 1. The first-order chi connectivity index (χ1) is 24.1. The van der Waals surface area contributed by atoms with Crippen molar-refractivity contribution in [2.75, 3.05) is 25.2 Å². The summed E-state index contributed by atoms with van der Waals surface area (Å²) in [6.45, 7) is -0.603. The number of carboxylic acids is 1. The van der Waals surface area contributed by atoms with E-state index in [4.69, 9.17) is 16.3 Å². The number of hydrogen-bond donors (Lipinski definition) is 3. The van der Waals surface area contributed by atoms with Gasteiger partial charge in [0.1, 0.15) is 18.2 Å². The molecule has 0 unspecified atom stereocenters. The summed E-state index contributed by atoms with van der Waals surface area (Å²) in [6.07, 6.45) is 1.68. The summed E-state index contributed by atoms with van der Waals surface area (Å²) in [6, 6.07) is 18.9. The fourth-order valence-corrected chi connectivity index (χ4v) is 8.62. The number of carbonyl (C=O) groups is 5. The number of likely N-dealkylation sites (tertiary alicyclic amines) is 1. The third-order valence-corrected chi connectivity index (χ3v) is 10.7. The summed E-state index contributed by atoms with van der Waals surface area (Å²) in [7, 11) is 0. The number of carboxylic acid groups (broad SMARTS) is 1. The lowest BCUT2D eigenvalue weighted by Gasteiger charge is -2.50. The summed E-state index contributed by atoms with van der Waals surface area (Å²) in [4.78, 5) is 69.9. The summed E-state index contributed by atoms with van der Waals surface area (Å²) >= 11 is 6.33. The van der Waals surface area contributed by atoms with Crippen LogP contribution in [0.5, 0.6) is 5.75 Å². The second-order valence-corrected chi connectivity index (χ2v) is 13.4. The van der Waals surface area contributed by atoms with E-state index < -0.39 is 76.8 Å². The molecule has 50 heavy (non-hydrogen) atoms.